The molecule has 0 fully saturated rings. The predicted octanol–water partition coefficient (Wildman–Crippen LogP) is 2.32. The molecule has 0 radical (unpaired) electrons. The zero-order valence-corrected chi connectivity index (χ0v) is 12.3. The summed E-state index contributed by atoms with van der Waals surface area (Å²) in [6.45, 7) is 1.61. The number of nitriles is 1. The van der Waals surface area contributed by atoms with Crippen molar-refractivity contribution in [2.45, 2.75) is 11.8 Å². The van der Waals surface area contributed by atoms with Gasteiger partial charge in [-0.05, 0) is 40.5 Å². The quantitative estimate of drug-likeness (QED) is 0.833. The van der Waals surface area contributed by atoms with Crippen molar-refractivity contribution in [1.82, 2.24) is 4.72 Å². The minimum atomic E-state index is -3.64. The summed E-state index contributed by atoms with van der Waals surface area (Å²) in [6, 6.07) is 4.92. The predicted molar refractivity (Wildman–Crippen MR) is 67.4 cm³/mol. The van der Waals surface area contributed by atoms with E-state index in [4.69, 9.17) is 5.26 Å². The van der Waals surface area contributed by atoms with Crippen LogP contribution in [0, 0.1) is 18.3 Å². The maximum atomic E-state index is 11.8. The van der Waals surface area contributed by atoms with Crippen molar-refractivity contribution in [2.75, 3.05) is 6.54 Å². The van der Waals surface area contributed by atoms with E-state index >= 15 is 0 Å². The van der Waals surface area contributed by atoms with E-state index in [0.717, 1.165) is 5.56 Å². The van der Waals surface area contributed by atoms with Gasteiger partial charge in [-0.3, -0.25) is 0 Å². The molecule has 0 saturated heterocycles. The monoisotopic (exact) mass is 366 g/mol. The van der Waals surface area contributed by atoms with Gasteiger partial charge >= 0.3 is 0 Å². The topological polar surface area (TPSA) is 70.0 Å². The van der Waals surface area contributed by atoms with Gasteiger partial charge in [-0.1, -0.05) is 15.9 Å². The number of hydrogen-bond acceptors (Lipinski definition) is 3. The standard InChI is InChI=1S/C9H8Br2N2O2S/c1-6-4-8(11)9(5-7(6)10)16(14,15)13-3-2-12/h4-5,13H,3H2,1H3. The summed E-state index contributed by atoms with van der Waals surface area (Å²) in [7, 11) is -3.64. The van der Waals surface area contributed by atoms with E-state index < -0.39 is 10.0 Å². The smallest absolute Gasteiger partial charge is 0.207 e. The lowest BCUT2D eigenvalue weighted by Gasteiger charge is -2.08. The second kappa shape index (κ2) is 5.27. The number of hydrogen-bond donors (Lipinski definition) is 1. The van der Waals surface area contributed by atoms with Crippen LogP contribution in [0.4, 0.5) is 0 Å². The number of nitrogens with zero attached hydrogens (tertiary/aromatic N) is 1. The van der Waals surface area contributed by atoms with Gasteiger partial charge in [0.2, 0.25) is 10.0 Å². The SMILES string of the molecule is Cc1cc(Br)c(S(=O)(=O)NCC#N)cc1Br. The third kappa shape index (κ3) is 3.04. The first-order valence-electron chi connectivity index (χ1n) is 4.20. The fraction of sp³-hybridized carbons (Fsp3) is 0.222. The molecule has 0 aliphatic rings. The van der Waals surface area contributed by atoms with Gasteiger partial charge < -0.3 is 0 Å². The van der Waals surface area contributed by atoms with E-state index in [-0.39, 0.29) is 11.4 Å². The summed E-state index contributed by atoms with van der Waals surface area (Å²) < 4.78 is 26.9. The molecule has 0 saturated carbocycles. The van der Waals surface area contributed by atoms with Crippen LogP contribution < -0.4 is 4.72 Å². The lowest BCUT2D eigenvalue weighted by Crippen LogP contribution is -2.24. The van der Waals surface area contributed by atoms with Gasteiger partial charge in [-0.2, -0.15) is 9.98 Å². The summed E-state index contributed by atoms with van der Waals surface area (Å²) in [4.78, 5) is 0.111. The van der Waals surface area contributed by atoms with Crippen LogP contribution in [0.5, 0.6) is 0 Å². The molecule has 0 amide bonds. The van der Waals surface area contributed by atoms with E-state index in [9.17, 15) is 8.42 Å². The average Bonchev–Trinajstić information content (AvgIpc) is 2.20. The molecule has 0 bridgehead atoms. The molecule has 1 aromatic carbocycles. The Bertz CT molecular complexity index is 549. The number of rotatable bonds is 3. The molecule has 86 valence electrons. The van der Waals surface area contributed by atoms with Gasteiger partial charge in [0.15, 0.2) is 0 Å². The molecular formula is C9H8Br2N2O2S. The third-order valence-electron chi connectivity index (χ3n) is 1.84. The van der Waals surface area contributed by atoms with Crippen LogP contribution >= 0.6 is 31.9 Å². The van der Waals surface area contributed by atoms with Gasteiger partial charge in [0, 0.05) is 8.95 Å². The molecule has 0 aliphatic heterocycles. The number of sulfonamides is 1. The molecule has 4 nitrogen and oxygen atoms in total. The molecule has 0 unspecified atom stereocenters. The Morgan fingerprint density at radius 3 is 2.56 bits per heavy atom. The van der Waals surface area contributed by atoms with Gasteiger partial charge in [0.25, 0.3) is 0 Å². The second-order valence-electron chi connectivity index (χ2n) is 3.01. The van der Waals surface area contributed by atoms with E-state index in [1.807, 2.05) is 6.92 Å². The minimum absolute atomic E-state index is 0.111. The normalized spacial score (nSPS) is 11.1. The number of aryl methyl sites for hydroxylation is 1. The second-order valence-corrected chi connectivity index (χ2v) is 6.46. The van der Waals surface area contributed by atoms with Crippen molar-refractivity contribution in [3.63, 3.8) is 0 Å². The largest absolute Gasteiger partial charge is 0.242 e. The summed E-state index contributed by atoms with van der Waals surface area (Å²) in [5.41, 5.74) is 0.922. The van der Waals surface area contributed by atoms with Crippen LogP contribution in [0.3, 0.4) is 0 Å². The lowest BCUT2D eigenvalue weighted by atomic mass is 10.2. The minimum Gasteiger partial charge on any atom is -0.207 e. The number of nitrogens with one attached hydrogen (secondary N) is 1. The van der Waals surface area contributed by atoms with Crippen molar-refractivity contribution in [1.29, 1.82) is 5.26 Å². The van der Waals surface area contributed by atoms with Crippen molar-refractivity contribution >= 4 is 41.9 Å². The van der Waals surface area contributed by atoms with E-state index in [1.54, 1.807) is 12.1 Å². The molecule has 16 heavy (non-hydrogen) atoms. The Labute approximate surface area is 111 Å². The fourth-order valence-electron chi connectivity index (χ4n) is 1.04. The highest BCUT2D eigenvalue weighted by Crippen LogP contribution is 2.28. The fourth-order valence-corrected chi connectivity index (χ4v) is 3.63. The molecule has 1 rings (SSSR count). The van der Waals surface area contributed by atoms with Crippen molar-refractivity contribution < 1.29 is 8.42 Å². The van der Waals surface area contributed by atoms with Crippen LogP contribution in [0.25, 0.3) is 0 Å². The maximum Gasteiger partial charge on any atom is 0.242 e. The Hall–Kier alpha value is -0.420. The van der Waals surface area contributed by atoms with Crippen LogP contribution in [0.2, 0.25) is 0 Å². The molecule has 1 N–H and O–H groups in total. The van der Waals surface area contributed by atoms with Gasteiger partial charge in [-0.15, -0.1) is 0 Å². The van der Waals surface area contributed by atoms with E-state index in [1.165, 1.54) is 6.07 Å². The number of benzene rings is 1. The summed E-state index contributed by atoms with van der Waals surface area (Å²) >= 11 is 6.45. The van der Waals surface area contributed by atoms with Gasteiger partial charge in [0.05, 0.1) is 17.5 Å². The molecule has 0 atom stereocenters. The molecule has 1 aromatic rings. The van der Waals surface area contributed by atoms with Crippen molar-refractivity contribution in [3.05, 3.63) is 26.6 Å². The van der Waals surface area contributed by atoms with Crippen LogP contribution in [0.15, 0.2) is 26.0 Å². The van der Waals surface area contributed by atoms with Crippen LogP contribution in [-0.4, -0.2) is 15.0 Å². The molecule has 0 aliphatic carbocycles. The van der Waals surface area contributed by atoms with Crippen LogP contribution in [0.1, 0.15) is 5.56 Å². The first kappa shape index (κ1) is 13.6. The zero-order valence-electron chi connectivity index (χ0n) is 8.29. The highest BCUT2D eigenvalue weighted by Gasteiger charge is 2.18. The highest BCUT2D eigenvalue weighted by molar-refractivity contribution is 9.11. The molecule has 0 heterocycles. The summed E-state index contributed by atoms with van der Waals surface area (Å²) in [5, 5.41) is 8.35. The molecule has 0 spiro atoms. The zero-order chi connectivity index (χ0) is 12.3. The summed E-state index contributed by atoms with van der Waals surface area (Å²) in [6.07, 6.45) is 0. The van der Waals surface area contributed by atoms with E-state index in [0.29, 0.717) is 8.95 Å². The number of halogens is 2. The molecule has 0 aromatic heterocycles. The first-order valence-corrected chi connectivity index (χ1v) is 7.27. The first-order chi connectivity index (χ1) is 7.38. The highest BCUT2D eigenvalue weighted by atomic mass is 79.9. The van der Waals surface area contributed by atoms with Crippen LogP contribution in [-0.2, 0) is 10.0 Å². The Morgan fingerprint density at radius 2 is 2.00 bits per heavy atom. The Balaban J connectivity index is 3.24. The average molecular weight is 368 g/mol. The van der Waals surface area contributed by atoms with Crippen molar-refractivity contribution in [2.24, 2.45) is 0 Å². The molecule has 7 heteroatoms. The van der Waals surface area contributed by atoms with Crippen molar-refractivity contribution in [3.8, 4) is 6.07 Å². The third-order valence-corrected chi connectivity index (χ3v) is 5.06. The Kier molecular flexibility index (Phi) is 4.50. The molecular weight excluding hydrogens is 360 g/mol. The van der Waals surface area contributed by atoms with Gasteiger partial charge in [0.1, 0.15) is 0 Å². The van der Waals surface area contributed by atoms with Gasteiger partial charge in [-0.25, -0.2) is 8.42 Å². The Morgan fingerprint density at radius 1 is 1.38 bits per heavy atom. The summed E-state index contributed by atoms with van der Waals surface area (Å²) in [5.74, 6) is 0. The van der Waals surface area contributed by atoms with E-state index in [2.05, 4.69) is 36.6 Å². The maximum absolute atomic E-state index is 11.8. The lowest BCUT2D eigenvalue weighted by molar-refractivity contribution is 0.585.